The number of methoxy groups -OCH3 is 1. The van der Waals surface area contributed by atoms with E-state index >= 15 is 0 Å². The van der Waals surface area contributed by atoms with E-state index in [-0.39, 0.29) is 18.4 Å². The van der Waals surface area contributed by atoms with Crippen LogP contribution in [0.4, 0.5) is 5.82 Å². The van der Waals surface area contributed by atoms with Gasteiger partial charge in [-0.25, -0.2) is 0 Å². The Balaban J connectivity index is 1.66. The number of piperidine rings is 1. The van der Waals surface area contributed by atoms with Crippen molar-refractivity contribution in [3.8, 4) is 0 Å². The molecule has 3 heterocycles. The molecule has 0 aromatic carbocycles. The quantitative estimate of drug-likeness (QED) is 0.807. The fourth-order valence-electron chi connectivity index (χ4n) is 4.01. The summed E-state index contributed by atoms with van der Waals surface area (Å²) < 4.78 is 6.77. The highest BCUT2D eigenvalue weighted by Crippen LogP contribution is 2.38. The molecule has 1 aromatic rings. The van der Waals surface area contributed by atoms with Gasteiger partial charge in [0.25, 0.3) is 0 Å². The zero-order valence-corrected chi connectivity index (χ0v) is 15.0. The van der Waals surface area contributed by atoms with Gasteiger partial charge in [0.15, 0.2) is 5.82 Å². The maximum Gasteiger partial charge on any atom is 0.243 e. The molecule has 1 aromatic heterocycles. The molecule has 1 N–H and O–H groups in total. The summed E-state index contributed by atoms with van der Waals surface area (Å²) in [5.41, 5.74) is -0.520. The zero-order valence-electron chi connectivity index (χ0n) is 15.0. The number of ether oxygens (including phenoxy) is 1. The van der Waals surface area contributed by atoms with Crippen molar-refractivity contribution in [3.05, 3.63) is 12.3 Å². The minimum absolute atomic E-state index is 0.123. The molecular weight excluding hydrogens is 322 g/mol. The van der Waals surface area contributed by atoms with Gasteiger partial charge in [-0.2, -0.15) is 5.10 Å². The fraction of sp³-hybridized carbons (Fsp3) is 0.706. The maximum atomic E-state index is 13.1. The van der Waals surface area contributed by atoms with Crippen molar-refractivity contribution in [2.24, 2.45) is 7.05 Å². The summed E-state index contributed by atoms with van der Waals surface area (Å²) in [6.07, 6.45) is 5.35. The summed E-state index contributed by atoms with van der Waals surface area (Å²) in [6, 6.07) is 1.76. The Morgan fingerprint density at radius 3 is 2.80 bits per heavy atom. The Kier molecular flexibility index (Phi) is 5.39. The van der Waals surface area contributed by atoms with Gasteiger partial charge in [0.1, 0.15) is 5.54 Å². The van der Waals surface area contributed by atoms with Crippen LogP contribution in [0, 0.1) is 0 Å². The molecule has 2 aliphatic rings. The number of amides is 2. The average Bonchev–Trinajstić information content (AvgIpc) is 3.16. The number of nitrogens with one attached hydrogen (secondary N) is 1. The van der Waals surface area contributed by atoms with Crippen LogP contribution in [0.2, 0.25) is 0 Å². The van der Waals surface area contributed by atoms with Crippen molar-refractivity contribution >= 4 is 17.6 Å². The topological polar surface area (TPSA) is 79.7 Å². The summed E-state index contributed by atoms with van der Waals surface area (Å²) in [5, 5.41) is 6.98. The molecular formula is C17H27N5O3. The van der Waals surface area contributed by atoms with E-state index in [1.165, 1.54) is 0 Å². The van der Waals surface area contributed by atoms with Crippen LogP contribution in [-0.4, -0.2) is 76.8 Å². The van der Waals surface area contributed by atoms with E-state index in [1.54, 1.807) is 31.1 Å². The molecule has 2 aliphatic heterocycles. The van der Waals surface area contributed by atoms with E-state index in [2.05, 4.69) is 15.3 Å². The molecule has 2 amide bonds. The lowest BCUT2D eigenvalue weighted by molar-refractivity contribution is -0.148. The van der Waals surface area contributed by atoms with Gasteiger partial charge in [0.05, 0.1) is 13.2 Å². The van der Waals surface area contributed by atoms with E-state index in [9.17, 15) is 9.59 Å². The van der Waals surface area contributed by atoms with Crippen LogP contribution in [0.5, 0.6) is 0 Å². The second-order valence-corrected chi connectivity index (χ2v) is 6.87. The molecule has 2 saturated heterocycles. The lowest BCUT2D eigenvalue weighted by atomic mass is 9.85. The summed E-state index contributed by atoms with van der Waals surface area (Å²) in [6.45, 7) is 2.94. The Morgan fingerprint density at radius 1 is 1.36 bits per heavy atom. The van der Waals surface area contributed by atoms with E-state index < -0.39 is 5.54 Å². The Hall–Kier alpha value is -1.93. The molecule has 138 valence electrons. The van der Waals surface area contributed by atoms with Crippen LogP contribution in [0.25, 0.3) is 0 Å². The predicted molar refractivity (Wildman–Crippen MR) is 93.1 cm³/mol. The summed E-state index contributed by atoms with van der Waals surface area (Å²) in [5.74, 6) is 0.568. The minimum atomic E-state index is -0.520. The van der Waals surface area contributed by atoms with Gasteiger partial charge >= 0.3 is 0 Å². The number of rotatable bonds is 6. The van der Waals surface area contributed by atoms with Crippen LogP contribution in [0.3, 0.4) is 0 Å². The third kappa shape index (κ3) is 3.69. The lowest BCUT2D eigenvalue weighted by Crippen LogP contribution is -2.61. The van der Waals surface area contributed by atoms with Crippen molar-refractivity contribution < 1.29 is 14.3 Å². The smallest absolute Gasteiger partial charge is 0.243 e. The Morgan fingerprint density at radius 2 is 2.12 bits per heavy atom. The molecule has 0 aliphatic carbocycles. The number of carbonyl (C=O) groups excluding carboxylic acids is 2. The maximum absolute atomic E-state index is 13.1. The van der Waals surface area contributed by atoms with Gasteiger partial charge in [-0.3, -0.25) is 19.2 Å². The molecule has 8 heteroatoms. The first kappa shape index (κ1) is 17.9. The van der Waals surface area contributed by atoms with E-state index in [1.807, 2.05) is 4.90 Å². The molecule has 8 nitrogen and oxygen atoms in total. The number of anilines is 1. The van der Waals surface area contributed by atoms with Gasteiger partial charge < -0.3 is 15.0 Å². The molecule has 0 saturated carbocycles. The highest BCUT2D eigenvalue weighted by atomic mass is 16.5. The average molecular weight is 349 g/mol. The molecule has 3 rings (SSSR count). The highest BCUT2D eigenvalue weighted by molar-refractivity contribution is 5.93. The molecule has 1 atom stereocenters. The minimum Gasteiger partial charge on any atom is -0.383 e. The third-order valence-electron chi connectivity index (χ3n) is 5.21. The van der Waals surface area contributed by atoms with Gasteiger partial charge in [-0.05, 0) is 32.2 Å². The van der Waals surface area contributed by atoms with Crippen molar-refractivity contribution in [3.63, 3.8) is 0 Å². The third-order valence-corrected chi connectivity index (χ3v) is 5.21. The van der Waals surface area contributed by atoms with Gasteiger partial charge in [0.2, 0.25) is 11.8 Å². The number of aromatic nitrogens is 2. The van der Waals surface area contributed by atoms with Gasteiger partial charge in [-0.15, -0.1) is 0 Å². The van der Waals surface area contributed by atoms with Crippen LogP contribution in [0.15, 0.2) is 12.3 Å². The fourth-order valence-corrected chi connectivity index (χ4v) is 4.01. The number of likely N-dealkylation sites (tertiary alicyclic amines) is 2. The van der Waals surface area contributed by atoms with Crippen molar-refractivity contribution in [2.45, 2.75) is 31.2 Å². The van der Waals surface area contributed by atoms with E-state index in [0.29, 0.717) is 19.0 Å². The largest absolute Gasteiger partial charge is 0.383 e. The SMILES string of the molecule is COCCN1CCCC2(CCCN2CC(=O)Nc2ccn(C)n2)C1=O. The van der Waals surface area contributed by atoms with Crippen molar-refractivity contribution in [2.75, 3.05) is 45.2 Å². The van der Waals surface area contributed by atoms with E-state index in [0.717, 1.165) is 38.8 Å². The first-order chi connectivity index (χ1) is 12.0. The van der Waals surface area contributed by atoms with Crippen molar-refractivity contribution in [1.29, 1.82) is 0 Å². The van der Waals surface area contributed by atoms with Crippen molar-refractivity contribution in [1.82, 2.24) is 19.6 Å². The zero-order chi connectivity index (χ0) is 17.9. The monoisotopic (exact) mass is 349 g/mol. The van der Waals surface area contributed by atoms with Crippen LogP contribution < -0.4 is 5.32 Å². The van der Waals surface area contributed by atoms with Crippen LogP contribution >= 0.6 is 0 Å². The second-order valence-electron chi connectivity index (χ2n) is 6.87. The molecule has 1 unspecified atom stereocenters. The molecule has 2 fully saturated rings. The lowest BCUT2D eigenvalue weighted by Gasteiger charge is -2.44. The number of carbonyl (C=O) groups is 2. The number of nitrogens with zero attached hydrogens (tertiary/aromatic N) is 4. The number of hydrogen-bond donors (Lipinski definition) is 1. The summed E-state index contributed by atoms with van der Waals surface area (Å²) in [4.78, 5) is 29.5. The molecule has 0 bridgehead atoms. The highest BCUT2D eigenvalue weighted by Gasteiger charge is 2.51. The number of aryl methyl sites for hydroxylation is 1. The molecule has 0 radical (unpaired) electrons. The molecule has 1 spiro atoms. The van der Waals surface area contributed by atoms with Crippen LogP contribution in [-0.2, 0) is 21.4 Å². The summed E-state index contributed by atoms with van der Waals surface area (Å²) in [7, 11) is 3.45. The summed E-state index contributed by atoms with van der Waals surface area (Å²) >= 11 is 0. The first-order valence-electron chi connectivity index (χ1n) is 8.88. The molecule has 25 heavy (non-hydrogen) atoms. The second kappa shape index (κ2) is 7.53. The Bertz CT molecular complexity index is 632. The van der Waals surface area contributed by atoms with E-state index in [4.69, 9.17) is 4.74 Å². The number of hydrogen-bond acceptors (Lipinski definition) is 5. The Labute approximate surface area is 148 Å². The first-order valence-corrected chi connectivity index (χ1v) is 8.88. The van der Waals surface area contributed by atoms with Crippen LogP contribution in [0.1, 0.15) is 25.7 Å². The standard InChI is InChI=1S/C17H27N5O3/c1-20-10-5-14(19-20)18-15(23)13-22-9-4-7-17(22)6-3-8-21(16(17)24)11-12-25-2/h5,10H,3-4,6-9,11-13H2,1-2H3,(H,18,19,23). The van der Waals surface area contributed by atoms with Gasteiger partial charge in [0, 0.05) is 39.5 Å². The predicted octanol–water partition coefficient (Wildman–Crippen LogP) is 0.462. The normalized spacial score (nSPS) is 24.2. The van der Waals surface area contributed by atoms with Gasteiger partial charge in [-0.1, -0.05) is 0 Å².